The minimum absolute atomic E-state index is 0.283. The summed E-state index contributed by atoms with van der Waals surface area (Å²) < 4.78 is 16.7. The molecule has 3 rings (SSSR count). The molecule has 1 aromatic rings. The van der Waals surface area contributed by atoms with E-state index in [1.54, 1.807) is 14.2 Å². The first kappa shape index (κ1) is 15.6. The number of nitrogens with one attached hydrogen (secondary N) is 1. The first-order chi connectivity index (χ1) is 10.8. The van der Waals surface area contributed by atoms with Crippen LogP contribution in [0.15, 0.2) is 18.2 Å². The largest absolute Gasteiger partial charge is 0.493 e. The van der Waals surface area contributed by atoms with Crippen LogP contribution in [0.2, 0.25) is 0 Å². The lowest BCUT2D eigenvalue weighted by Crippen LogP contribution is -2.47. The number of morpholine rings is 1. The normalized spacial score (nSPS) is 22.5. The fraction of sp³-hybridized carbons (Fsp3) is 0.647. The zero-order chi connectivity index (χ0) is 15.4. The monoisotopic (exact) mass is 306 g/mol. The van der Waals surface area contributed by atoms with Crippen molar-refractivity contribution in [1.29, 1.82) is 0 Å². The standard InChI is InChI=1S/C17H26N2O3/c1-20-16-5-3-4-13(17(16)21-2)10-18-11-15-12-19(8-9-22-15)14-6-7-14/h3-5,14-15,18H,6-12H2,1-2H3. The fourth-order valence-corrected chi connectivity index (χ4v) is 3.10. The molecule has 2 aliphatic rings. The molecule has 0 bridgehead atoms. The second-order valence-corrected chi connectivity index (χ2v) is 6.00. The van der Waals surface area contributed by atoms with Crippen LogP contribution in [-0.4, -0.2) is 57.5 Å². The third kappa shape index (κ3) is 3.72. The highest BCUT2D eigenvalue weighted by molar-refractivity contribution is 5.46. The third-order valence-corrected chi connectivity index (χ3v) is 4.41. The van der Waals surface area contributed by atoms with Gasteiger partial charge in [0.05, 0.1) is 26.9 Å². The quantitative estimate of drug-likeness (QED) is 0.830. The van der Waals surface area contributed by atoms with E-state index in [1.165, 1.54) is 12.8 Å². The van der Waals surface area contributed by atoms with Crippen molar-refractivity contribution >= 4 is 0 Å². The lowest BCUT2D eigenvalue weighted by molar-refractivity contribution is -0.0301. The number of benzene rings is 1. The Morgan fingerprint density at radius 3 is 2.86 bits per heavy atom. The predicted molar refractivity (Wildman–Crippen MR) is 85.6 cm³/mol. The Morgan fingerprint density at radius 2 is 2.14 bits per heavy atom. The Morgan fingerprint density at radius 1 is 1.27 bits per heavy atom. The van der Waals surface area contributed by atoms with Crippen molar-refractivity contribution in [3.8, 4) is 11.5 Å². The zero-order valence-corrected chi connectivity index (χ0v) is 13.5. The topological polar surface area (TPSA) is 43.0 Å². The van der Waals surface area contributed by atoms with Crippen molar-refractivity contribution in [2.75, 3.05) is 40.5 Å². The molecule has 1 saturated carbocycles. The molecule has 22 heavy (non-hydrogen) atoms. The Bertz CT molecular complexity index is 491. The Balaban J connectivity index is 1.50. The van der Waals surface area contributed by atoms with E-state index >= 15 is 0 Å². The van der Waals surface area contributed by atoms with Crippen molar-refractivity contribution in [3.05, 3.63) is 23.8 Å². The van der Waals surface area contributed by atoms with Gasteiger partial charge in [0.2, 0.25) is 0 Å². The highest BCUT2D eigenvalue weighted by atomic mass is 16.5. The smallest absolute Gasteiger partial charge is 0.165 e. The number of methoxy groups -OCH3 is 2. The van der Waals surface area contributed by atoms with E-state index in [0.29, 0.717) is 0 Å². The van der Waals surface area contributed by atoms with E-state index in [2.05, 4.69) is 16.3 Å². The van der Waals surface area contributed by atoms with Gasteiger partial charge in [-0.15, -0.1) is 0 Å². The first-order valence-corrected chi connectivity index (χ1v) is 8.08. The number of para-hydroxylation sites is 1. The van der Waals surface area contributed by atoms with Crippen LogP contribution < -0.4 is 14.8 Å². The van der Waals surface area contributed by atoms with E-state index in [1.807, 2.05) is 12.1 Å². The predicted octanol–water partition coefficient (Wildman–Crippen LogP) is 1.66. The van der Waals surface area contributed by atoms with Gasteiger partial charge in [0.1, 0.15) is 0 Å². The number of rotatable bonds is 7. The average Bonchev–Trinajstić information content (AvgIpc) is 3.40. The molecule has 0 aromatic heterocycles. The molecule has 1 unspecified atom stereocenters. The Kier molecular flexibility index (Phi) is 5.18. The van der Waals surface area contributed by atoms with E-state index in [0.717, 1.165) is 55.9 Å². The highest BCUT2D eigenvalue weighted by Crippen LogP contribution is 2.30. The summed E-state index contributed by atoms with van der Waals surface area (Å²) in [6.45, 7) is 4.61. The van der Waals surface area contributed by atoms with Gasteiger partial charge in [0.15, 0.2) is 11.5 Å². The van der Waals surface area contributed by atoms with Crippen LogP contribution >= 0.6 is 0 Å². The maximum Gasteiger partial charge on any atom is 0.165 e. The van der Waals surface area contributed by atoms with Crippen molar-refractivity contribution in [3.63, 3.8) is 0 Å². The summed E-state index contributed by atoms with van der Waals surface area (Å²) in [7, 11) is 3.34. The molecule has 1 N–H and O–H groups in total. The maximum atomic E-state index is 5.87. The van der Waals surface area contributed by atoms with Crippen molar-refractivity contribution in [2.24, 2.45) is 0 Å². The number of nitrogens with zero attached hydrogens (tertiary/aromatic N) is 1. The molecule has 5 nitrogen and oxygen atoms in total. The van der Waals surface area contributed by atoms with Crippen molar-refractivity contribution < 1.29 is 14.2 Å². The molecule has 1 aliphatic heterocycles. The van der Waals surface area contributed by atoms with Crippen LogP contribution in [0.25, 0.3) is 0 Å². The lowest BCUT2D eigenvalue weighted by Gasteiger charge is -2.33. The molecule has 0 spiro atoms. The fourth-order valence-electron chi connectivity index (χ4n) is 3.10. The van der Waals surface area contributed by atoms with Crippen LogP contribution in [-0.2, 0) is 11.3 Å². The van der Waals surface area contributed by atoms with Crippen molar-refractivity contribution in [1.82, 2.24) is 10.2 Å². The molecule has 5 heteroatoms. The Hall–Kier alpha value is -1.30. The lowest BCUT2D eigenvalue weighted by atomic mass is 10.1. The van der Waals surface area contributed by atoms with Gasteiger partial charge in [-0.2, -0.15) is 0 Å². The van der Waals surface area contributed by atoms with E-state index in [-0.39, 0.29) is 6.10 Å². The van der Waals surface area contributed by atoms with Crippen LogP contribution in [0.4, 0.5) is 0 Å². The summed E-state index contributed by atoms with van der Waals surface area (Å²) in [4.78, 5) is 2.57. The molecule has 0 amide bonds. The van der Waals surface area contributed by atoms with Crippen LogP contribution in [0, 0.1) is 0 Å². The second-order valence-electron chi connectivity index (χ2n) is 6.00. The van der Waals surface area contributed by atoms with Gasteiger partial charge in [0.25, 0.3) is 0 Å². The van der Waals surface area contributed by atoms with Gasteiger partial charge in [0, 0.05) is 37.8 Å². The number of ether oxygens (including phenoxy) is 3. The Labute approximate surface area is 132 Å². The van der Waals surface area contributed by atoms with E-state index < -0.39 is 0 Å². The molecular formula is C17H26N2O3. The molecule has 122 valence electrons. The summed E-state index contributed by atoms with van der Waals surface area (Å²) in [6, 6.07) is 6.79. The number of hydrogen-bond donors (Lipinski definition) is 1. The maximum absolute atomic E-state index is 5.87. The van der Waals surface area contributed by atoms with Gasteiger partial charge >= 0.3 is 0 Å². The zero-order valence-electron chi connectivity index (χ0n) is 13.5. The highest BCUT2D eigenvalue weighted by Gasteiger charge is 2.32. The molecular weight excluding hydrogens is 280 g/mol. The van der Waals surface area contributed by atoms with Crippen LogP contribution in [0.1, 0.15) is 18.4 Å². The molecule has 1 aromatic carbocycles. The summed E-state index contributed by atoms with van der Waals surface area (Å²) in [5.41, 5.74) is 1.11. The van der Waals surface area contributed by atoms with Gasteiger partial charge in [-0.3, -0.25) is 4.90 Å². The molecule has 1 saturated heterocycles. The first-order valence-electron chi connectivity index (χ1n) is 8.08. The van der Waals surface area contributed by atoms with Gasteiger partial charge in [-0.05, 0) is 18.9 Å². The minimum atomic E-state index is 0.283. The summed E-state index contributed by atoms with van der Waals surface area (Å²) in [6.07, 6.45) is 3.01. The molecule has 1 heterocycles. The molecule has 1 atom stereocenters. The summed E-state index contributed by atoms with van der Waals surface area (Å²) in [5.74, 6) is 1.58. The SMILES string of the molecule is COc1cccc(CNCC2CN(C3CC3)CCO2)c1OC. The number of hydrogen-bond acceptors (Lipinski definition) is 5. The van der Waals surface area contributed by atoms with E-state index in [4.69, 9.17) is 14.2 Å². The molecule has 0 radical (unpaired) electrons. The minimum Gasteiger partial charge on any atom is -0.493 e. The van der Waals surface area contributed by atoms with E-state index in [9.17, 15) is 0 Å². The average molecular weight is 306 g/mol. The molecule has 2 fully saturated rings. The van der Waals surface area contributed by atoms with Crippen LogP contribution in [0.3, 0.4) is 0 Å². The second kappa shape index (κ2) is 7.31. The third-order valence-electron chi connectivity index (χ3n) is 4.41. The van der Waals surface area contributed by atoms with Gasteiger partial charge in [-0.25, -0.2) is 0 Å². The summed E-state index contributed by atoms with van der Waals surface area (Å²) >= 11 is 0. The van der Waals surface area contributed by atoms with Crippen molar-refractivity contribution in [2.45, 2.75) is 31.5 Å². The summed E-state index contributed by atoms with van der Waals surface area (Å²) in [5, 5.41) is 3.49. The van der Waals surface area contributed by atoms with Gasteiger partial charge in [-0.1, -0.05) is 12.1 Å². The van der Waals surface area contributed by atoms with Crippen LogP contribution in [0.5, 0.6) is 11.5 Å². The van der Waals surface area contributed by atoms with Gasteiger partial charge < -0.3 is 19.5 Å². The molecule has 1 aliphatic carbocycles.